The van der Waals surface area contributed by atoms with Gasteiger partial charge in [-0.25, -0.2) is 9.59 Å². The minimum absolute atomic E-state index is 0.0497. The molecule has 2 unspecified atom stereocenters. The van der Waals surface area contributed by atoms with Crippen LogP contribution in [0.5, 0.6) is 0 Å². The number of anilines is 1. The SMILES string of the molecule is CC1CCCN(C(=O)Nc2cccc(Cl)c2)C1C(=O)O. The third-order valence-corrected chi connectivity index (χ3v) is 3.76. The van der Waals surface area contributed by atoms with Crippen molar-refractivity contribution in [2.24, 2.45) is 5.92 Å². The quantitative estimate of drug-likeness (QED) is 0.881. The number of carbonyl (C=O) groups is 2. The van der Waals surface area contributed by atoms with Gasteiger partial charge in [-0.05, 0) is 37.0 Å². The molecule has 0 aromatic heterocycles. The highest BCUT2D eigenvalue weighted by Crippen LogP contribution is 2.24. The summed E-state index contributed by atoms with van der Waals surface area (Å²) >= 11 is 5.86. The van der Waals surface area contributed by atoms with Gasteiger partial charge in [-0.1, -0.05) is 24.6 Å². The van der Waals surface area contributed by atoms with Crippen LogP contribution in [0, 0.1) is 5.92 Å². The summed E-state index contributed by atoms with van der Waals surface area (Å²) in [5, 5.41) is 12.5. The molecule has 108 valence electrons. The van der Waals surface area contributed by atoms with Crippen LogP contribution in [-0.4, -0.2) is 34.6 Å². The summed E-state index contributed by atoms with van der Waals surface area (Å²) in [4.78, 5) is 25.0. The Morgan fingerprint density at radius 1 is 1.45 bits per heavy atom. The first-order chi connectivity index (χ1) is 9.49. The molecule has 1 aliphatic heterocycles. The number of nitrogens with one attached hydrogen (secondary N) is 1. The Kier molecular flexibility index (Phi) is 4.49. The molecule has 2 atom stereocenters. The molecule has 1 heterocycles. The van der Waals surface area contributed by atoms with Crippen LogP contribution in [0.2, 0.25) is 5.02 Å². The van der Waals surface area contributed by atoms with Gasteiger partial charge in [-0.3, -0.25) is 0 Å². The van der Waals surface area contributed by atoms with Gasteiger partial charge < -0.3 is 15.3 Å². The molecule has 0 aliphatic carbocycles. The summed E-state index contributed by atoms with van der Waals surface area (Å²) < 4.78 is 0. The lowest BCUT2D eigenvalue weighted by atomic mass is 9.91. The molecular weight excluding hydrogens is 280 g/mol. The Morgan fingerprint density at radius 2 is 2.20 bits per heavy atom. The fraction of sp³-hybridized carbons (Fsp3) is 0.429. The maximum Gasteiger partial charge on any atom is 0.326 e. The summed E-state index contributed by atoms with van der Waals surface area (Å²) in [6.45, 7) is 2.31. The molecule has 0 radical (unpaired) electrons. The molecule has 1 fully saturated rings. The number of rotatable bonds is 2. The normalized spacial score (nSPS) is 22.4. The predicted molar refractivity (Wildman–Crippen MR) is 77.0 cm³/mol. The van der Waals surface area contributed by atoms with Crippen molar-refractivity contribution in [1.82, 2.24) is 4.90 Å². The van der Waals surface area contributed by atoms with Crippen molar-refractivity contribution in [3.8, 4) is 0 Å². The van der Waals surface area contributed by atoms with E-state index in [1.807, 2.05) is 6.92 Å². The minimum atomic E-state index is -0.960. The van der Waals surface area contributed by atoms with E-state index in [9.17, 15) is 14.7 Å². The third kappa shape index (κ3) is 3.22. The minimum Gasteiger partial charge on any atom is -0.480 e. The average Bonchev–Trinajstić information content (AvgIpc) is 2.37. The highest BCUT2D eigenvalue weighted by atomic mass is 35.5. The van der Waals surface area contributed by atoms with E-state index in [2.05, 4.69) is 5.32 Å². The Labute approximate surface area is 122 Å². The van der Waals surface area contributed by atoms with Gasteiger partial charge in [0.25, 0.3) is 0 Å². The van der Waals surface area contributed by atoms with E-state index in [0.717, 1.165) is 12.8 Å². The van der Waals surface area contributed by atoms with Gasteiger partial charge in [0.15, 0.2) is 0 Å². The molecule has 2 amide bonds. The number of carboxylic acids is 1. The standard InChI is InChI=1S/C14H17ClN2O3/c1-9-4-3-7-17(12(9)13(18)19)14(20)16-11-6-2-5-10(15)8-11/h2,5-6,8-9,12H,3-4,7H2,1H3,(H,16,20)(H,18,19). The van der Waals surface area contributed by atoms with Gasteiger partial charge in [-0.15, -0.1) is 0 Å². The molecule has 20 heavy (non-hydrogen) atoms. The van der Waals surface area contributed by atoms with Gasteiger partial charge in [0.2, 0.25) is 0 Å². The number of aliphatic carboxylic acids is 1. The first-order valence-electron chi connectivity index (χ1n) is 6.55. The van der Waals surface area contributed by atoms with Crippen LogP contribution in [-0.2, 0) is 4.79 Å². The van der Waals surface area contributed by atoms with Gasteiger partial charge >= 0.3 is 12.0 Å². The van der Waals surface area contributed by atoms with Gasteiger partial charge in [0.1, 0.15) is 6.04 Å². The van der Waals surface area contributed by atoms with Crippen molar-refractivity contribution in [3.05, 3.63) is 29.3 Å². The second kappa shape index (κ2) is 6.13. The van der Waals surface area contributed by atoms with Gasteiger partial charge in [0, 0.05) is 17.3 Å². The van der Waals surface area contributed by atoms with Crippen LogP contribution < -0.4 is 5.32 Å². The zero-order valence-corrected chi connectivity index (χ0v) is 11.9. The van der Waals surface area contributed by atoms with Crippen molar-refractivity contribution < 1.29 is 14.7 Å². The summed E-state index contributed by atoms with van der Waals surface area (Å²) in [5.74, 6) is -1.01. The Hall–Kier alpha value is -1.75. The smallest absolute Gasteiger partial charge is 0.326 e. The largest absolute Gasteiger partial charge is 0.480 e. The number of carbonyl (C=O) groups excluding carboxylic acids is 1. The lowest BCUT2D eigenvalue weighted by Gasteiger charge is -2.37. The van der Waals surface area contributed by atoms with E-state index in [0.29, 0.717) is 17.3 Å². The first-order valence-corrected chi connectivity index (χ1v) is 6.93. The van der Waals surface area contributed by atoms with Crippen molar-refractivity contribution in [3.63, 3.8) is 0 Å². The Morgan fingerprint density at radius 3 is 2.85 bits per heavy atom. The maximum atomic E-state index is 12.2. The zero-order chi connectivity index (χ0) is 14.7. The average molecular weight is 297 g/mol. The monoisotopic (exact) mass is 296 g/mol. The van der Waals surface area contributed by atoms with Crippen LogP contribution in [0.25, 0.3) is 0 Å². The van der Waals surface area contributed by atoms with E-state index in [1.54, 1.807) is 24.3 Å². The molecule has 0 bridgehead atoms. The fourth-order valence-electron chi connectivity index (χ4n) is 2.55. The predicted octanol–water partition coefficient (Wildman–Crippen LogP) is 3.06. The topological polar surface area (TPSA) is 69.6 Å². The maximum absolute atomic E-state index is 12.2. The second-order valence-corrected chi connectivity index (χ2v) is 5.47. The third-order valence-electron chi connectivity index (χ3n) is 3.52. The number of amides is 2. The number of hydrogen-bond acceptors (Lipinski definition) is 2. The second-order valence-electron chi connectivity index (χ2n) is 5.04. The number of hydrogen-bond donors (Lipinski definition) is 2. The summed E-state index contributed by atoms with van der Waals surface area (Å²) in [6, 6.07) is 5.61. The van der Waals surface area contributed by atoms with Crippen LogP contribution in [0.3, 0.4) is 0 Å². The summed E-state index contributed by atoms with van der Waals surface area (Å²) in [7, 11) is 0. The summed E-state index contributed by atoms with van der Waals surface area (Å²) in [5.41, 5.74) is 0.560. The van der Waals surface area contributed by atoms with Gasteiger partial charge in [-0.2, -0.15) is 0 Å². The van der Waals surface area contributed by atoms with Crippen molar-refractivity contribution in [1.29, 1.82) is 0 Å². The highest BCUT2D eigenvalue weighted by Gasteiger charge is 2.37. The van der Waals surface area contributed by atoms with E-state index >= 15 is 0 Å². The van der Waals surface area contributed by atoms with Crippen LogP contribution >= 0.6 is 11.6 Å². The van der Waals surface area contributed by atoms with E-state index in [-0.39, 0.29) is 5.92 Å². The lowest BCUT2D eigenvalue weighted by molar-refractivity contribution is -0.145. The Balaban J connectivity index is 2.12. The number of likely N-dealkylation sites (tertiary alicyclic amines) is 1. The van der Waals surface area contributed by atoms with E-state index in [1.165, 1.54) is 4.90 Å². The summed E-state index contributed by atoms with van der Waals surface area (Å²) in [6.07, 6.45) is 1.63. The molecule has 1 aromatic carbocycles. The van der Waals surface area contributed by atoms with E-state index < -0.39 is 18.0 Å². The van der Waals surface area contributed by atoms with Crippen molar-refractivity contribution in [2.75, 3.05) is 11.9 Å². The molecule has 1 saturated heterocycles. The zero-order valence-electron chi connectivity index (χ0n) is 11.2. The number of benzene rings is 1. The first kappa shape index (κ1) is 14.7. The lowest BCUT2D eigenvalue weighted by Crippen LogP contribution is -2.53. The van der Waals surface area contributed by atoms with Crippen LogP contribution in [0.4, 0.5) is 10.5 Å². The molecule has 1 aliphatic rings. The van der Waals surface area contributed by atoms with Gasteiger partial charge in [0.05, 0.1) is 0 Å². The number of piperidine rings is 1. The highest BCUT2D eigenvalue weighted by molar-refractivity contribution is 6.30. The Bertz CT molecular complexity index is 521. The van der Waals surface area contributed by atoms with Crippen LogP contribution in [0.15, 0.2) is 24.3 Å². The molecule has 0 spiro atoms. The number of halogens is 1. The van der Waals surface area contributed by atoms with Crippen molar-refractivity contribution >= 4 is 29.3 Å². The molecule has 2 N–H and O–H groups in total. The molecule has 1 aromatic rings. The molecule has 6 heteroatoms. The number of carboxylic acid groups (broad SMARTS) is 1. The number of urea groups is 1. The fourth-order valence-corrected chi connectivity index (χ4v) is 2.74. The van der Waals surface area contributed by atoms with Crippen molar-refractivity contribution in [2.45, 2.75) is 25.8 Å². The van der Waals surface area contributed by atoms with Crippen LogP contribution in [0.1, 0.15) is 19.8 Å². The number of nitrogens with zero attached hydrogens (tertiary/aromatic N) is 1. The van der Waals surface area contributed by atoms with E-state index in [4.69, 9.17) is 11.6 Å². The molecule has 0 saturated carbocycles. The molecule has 2 rings (SSSR count). The molecular formula is C14H17ClN2O3. The molecule has 5 nitrogen and oxygen atoms in total.